The van der Waals surface area contributed by atoms with Crippen LogP contribution in [0.3, 0.4) is 0 Å². The molecular weight excluding hydrogens is 423 g/mol. The normalized spacial score (nSPS) is 11.1. The molecular formula is C22H44IO2-. The van der Waals surface area contributed by atoms with Gasteiger partial charge in [0.25, 0.3) is 0 Å². The molecule has 0 aromatic carbocycles. The number of rotatable bonds is 20. The van der Waals surface area contributed by atoms with Gasteiger partial charge in [0.15, 0.2) is 0 Å². The van der Waals surface area contributed by atoms with Crippen molar-refractivity contribution in [1.29, 1.82) is 0 Å². The molecule has 152 valence electrons. The molecule has 0 unspecified atom stereocenters. The number of ether oxygens (including phenoxy) is 1. The predicted octanol–water partition coefficient (Wildman–Crippen LogP) is 3.90. The van der Waals surface area contributed by atoms with Crippen molar-refractivity contribution in [1.82, 2.24) is 0 Å². The maximum atomic E-state index is 11.2. The number of hydrogen-bond acceptors (Lipinski definition) is 2. The molecule has 0 rings (SSSR count). The molecule has 2 nitrogen and oxygen atoms in total. The van der Waals surface area contributed by atoms with Crippen LogP contribution in [0.5, 0.6) is 0 Å². The van der Waals surface area contributed by atoms with Gasteiger partial charge in [-0.1, -0.05) is 64.7 Å². The van der Waals surface area contributed by atoms with Gasteiger partial charge in [-0.05, 0) is 0 Å². The number of unbranched alkanes of at least 4 members (excludes halogenated alkanes) is 16. The second-order valence-electron chi connectivity index (χ2n) is 7.28. The fourth-order valence-electron chi connectivity index (χ4n) is 3.16. The van der Waals surface area contributed by atoms with Gasteiger partial charge in [0.1, 0.15) is 0 Å². The van der Waals surface area contributed by atoms with Crippen molar-refractivity contribution in [2.45, 2.75) is 116 Å². The summed E-state index contributed by atoms with van der Waals surface area (Å²) in [5.41, 5.74) is 0. The van der Waals surface area contributed by atoms with E-state index in [0.717, 1.165) is 6.42 Å². The first-order chi connectivity index (χ1) is 12.3. The van der Waals surface area contributed by atoms with Crippen LogP contribution in [0.25, 0.3) is 0 Å². The number of halogens is 1. The predicted molar refractivity (Wildman–Crippen MR) is 106 cm³/mol. The molecule has 0 aromatic rings. The molecule has 0 N–H and O–H groups in total. The van der Waals surface area contributed by atoms with E-state index in [0.29, 0.717) is 11.0 Å². The Hall–Kier alpha value is 0.200. The Morgan fingerprint density at radius 2 is 1.00 bits per heavy atom. The molecule has 0 saturated carbocycles. The Bertz CT molecular complexity index is 269. The summed E-state index contributed by atoms with van der Waals surface area (Å²) in [6.45, 7) is 2.93. The van der Waals surface area contributed by atoms with Crippen molar-refractivity contribution in [2.24, 2.45) is 0 Å². The third-order valence-corrected chi connectivity index (χ3v) is 6.14. The Balaban J connectivity index is 3.02. The maximum absolute atomic E-state index is 11.2. The third-order valence-electron chi connectivity index (χ3n) is 4.75. The Morgan fingerprint density at radius 3 is 1.36 bits per heavy atom. The molecule has 0 aromatic heterocycles. The number of carbonyl (C=O) groups excluding carboxylic acids is 1. The summed E-state index contributed by atoms with van der Waals surface area (Å²) in [7, 11) is 0. The van der Waals surface area contributed by atoms with Crippen molar-refractivity contribution in [2.75, 3.05) is 16.0 Å². The molecule has 0 radical (unpaired) electrons. The molecule has 0 bridgehead atoms. The van der Waals surface area contributed by atoms with Crippen molar-refractivity contribution in [3.05, 3.63) is 0 Å². The SMILES string of the molecule is CCCCCCCCCCCCCCCCCCCOC(=O)C[I-]C. The zero-order valence-electron chi connectivity index (χ0n) is 17.1. The first-order valence-electron chi connectivity index (χ1n) is 10.9. The summed E-state index contributed by atoms with van der Waals surface area (Å²) in [5.74, 6) is 0.0202. The van der Waals surface area contributed by atoms with Crippen molar-refractivity contribution >= 4 is 5.97 Å². The number of esters is 1. The quantitative estimate of drug-likeness (QED) is 0.118. The van der Waals surface area contributed by atoms with E-state index in [4.69, 9.17) is 4.74 Å². The van der Waals surface area contributed by atoms with Gasteiger partial charge < -0.3 is 0 Å². The van der Waals surface area contributed by atoms with Crippen LogP contribution in [0.1, 0.15) is 116 Å². The van der Waals surface area contributed by atoms with Crippen LogP contribution >= 0.6 is 0 Å². The Morgan fingerprint density at radius 1 is 0.640 bits per heavy atom. The van der Waals surface area contributed by atoms with Gasteiger partial charge in [-0.3, -0.25) is 0 Å². The van der Waals surface area contributed by atoms with Gasteiger partial charge in [0.05, 0.1) is 0 Å². The molecule has 0 aliphatic carbocycles. The van der Waals surface area contributed by atoms with Crippen LogP contribution < -0.4 is 21.2 Å². The van der Waals surface area contributed by atoms with E-state index in [1.165, 1.54) is 103 Å². The Labute approximate surface area is 168 Å². The van der Waals surface area contributed by atoms with Crippen molar-refractivity contribution < 1.29 is 30.7 Å². The summed E-state index contributed by atoms with van der Waals surface area (Å²) in [4.78, 5) is 13.3. The molecule has 25 heavy (non-hydrogen) atoms. The van der Waals surface area contributed by atoms with Gasteiger partial charge in [-0.15, -0.1) is 0 Å². The summed E-state index contributed by atoms with van der Waals surface area (Å²) in [6, 6.07) is 0. The van der Waals surface area contributed by atoms with Gasteiger partial charge in [0, 0.05) is 0 Å². The van der Waals surface area contributed by atoms with Crippen LogP contribution in [0, 0.1) is 0 Å². The fraction of sp³-hybridized carbons (Fsp3) is 0.955. The average Bonchev–Trinajstić information content (AvgIpc) is 2.61. The zero-order valence-corrected chi connectivity index (χ0v) is 19.3. The topological polar surface area (TPSA) is 26.3 Å². The first-order valence-corrected chi connectivity index (χ1v) is 14.6. The first kappa shape index (κ1) is 25.2. The number of hydrogen-bond donors (Lipinski definition) is 0. The molecule has 0 saturated heterocycles. The van der Waals surface area contributed by atoms with Gasteiger partial charge in [0.2, 0.25) is 0 Å². The summed E-state index contributed by atoms with van der Waals surface area (Å²) >= 11 is 0.0442. The van der Waals surface area contributed by atoms with Crippen LogP contribution in [-0.4, -0.2) is 21.9 Å². The van der Waals surface area contributed by atoms with E-state index >= 15 is 0 Å². The molecule has 3 heteroatoms. The minimum atomic E-state index is 0.0202. The standard InChI is InChI=1S/C22H44IO2/c1-3-4-5-6-7-8-9-10-11-12-13-14-15-16-17-18-19-20-25-22(24)21-23-2/h3-21H2,1-2H3/q-1. The van der Waals surface area contributed by atoms with Gasteiger partial charge in [-0.2, -0.15) is 0 Å². The average molecular weight is 467 g/mol. The molecule has 0 atom stereocenters. The molecule has 0 heterocycles. The summed E-state index contributed by atoms with van der Waals surface area (Å²) < 4.78 is 5.87. The Kier molecular flexibility index (Phi) is 22.4. The van der Waals surface area contributed by atoms with E-state index in [-0.39, 0.29) is 27.2 Å². The van der Waals surface area contributed by atoms with E-state index in [1.54, 1.807) is 0 Å². The number of alkyl halides is 2. The molecule has 0 amide bonds. The van der Waals surface area contributed by atoms with E-state index in [2.05, 4.69) is 11.9 Å². The molecule has 0 fully saturated rings. The summed E-state index contributed by atoms with van der Waals surface area (Å²) in [5, 5.41) is 0. The van der Waals surface area contributed by atoms with Crippen LogP contribution in [-0.2, 0) is 9.53 Å². The number of carbonyl (C=O) groups is 1. The van der Waals surface area contributed by atoms with Crippen LogP contribution in [0.2, 0.25) is 0 Å². The van der Waals surface area contributed by atoms with E-state index in [1.807, 2.05) is 0 Å². The fourth-order valence-corrected chi connectivity index (χ4v) is 4.00. The van der Waals surface area contributed by atoms with Gasteiger partial charge in [-0.25, -0.2) is 0 Å². The van der Waals surface area contributed by atoms with Crippen molar-refractivity contribution in [3.63, 3.8) is 0 Å². The molecule has 0 spiro atoms. The second kappa shape index (κ2) is 22.2. The van der Waals surface area contributed by atoms with Crippen molar-refractivity contribution in [3.8, 4) is 0 Å². The van der Waals surface area contributed by atoms with E-state index < -0.39 is 0 Å². The van der Waals surface area contributed by atoms with Crippen LogP contribution in [0.15, 0.2) is 0 Å². The minimum absolute atomic E-state index is 0.0202. The third kappa shape index (κ3) is 22.2. The second-order valence-corrected chi connectivity index (χ2v) is 9.57. The van der Waals surface area contributed by atoms with E-state index in [9.17, 15) is 4.79 Å². The monoisotopic (exact) mass is 467 g/mol. The van der Waals surface area contributed by atoms with Crippen LogP contribution in [0.4, 0.5) is 0 Å². The van der Waals surface area contributed by atoms with Gasteiger partial charge >= 0.3 is 104 Å². The summed E-state index contributed by atoms with van der Waals surface area (Å²) in [6.07, 6.45) is 23.5. The molecule has 0 aliphatic rings. The zero-order chi connectivity index (χ0) is 18.4. The molecule has 0 aliphatic heterocycles.